The summed E-state index contributed by atoms with van der Waals surface area (Å²) in [5, 5.41) is 9.43. The van der Waals surface area contributed by atoms with Gasteiger partial charge in [0.2, 0.25) is 0 Å². The zero-order valence-electron chi connectivity index (χ0n) is 21.5. The van der Waals surface area contributed by atoms with Gasteiger partial charge in [0.1, 0.15) is 17.5 Å². The van der Waals surface area contributed by atoms with Crippen molar-refractivity contribution >= 4 is 12.1 Å². The number of carbonyl (C=O) groups is 2. The molecule has 36 heavy (non-hydrogen) atoms. The highest BCUT2D eigenvalue weighted by molar-refractivity contribution is 5.68. The monoisotopic (exact) mass is 495 g/mol. The van der Waals surface area contributed by atoms with Gasteiger partial charge in [-0.3, -0.25) is 14.7 Å². The zero-order chi connectivity index (χ0) is 25.7. The van der Waals surface area contributed by atoms with Crippen LogP contribution in [-0.4, -0.2) is 63.3 Å². The van der Waals surface area contributed by atoms with Crippen molar-refractivity contribution in [2.75, 3.05) is 19.6 Å². The summed E-state index contributed by atoms with van der Waals surface area (Å²) in [4.78, 5) is 32.6. The number of ether oxygens (including phenoxy) is 2. The van der Waals surface area contributed by atoms with Crippen LogP contribution in [0.25, 0.3) is 0 Å². The number of hydrogen-bond donors (Lipinski definition) is 1. The molecule has 0 aliphatic carbocycles. The van der Waals surface area contributed by atoms with Crippen LogP contribution in [0.2, 0.25) is 0 Å². The lowest BCUT2D eigenvalue weighted by Crippen LogP contribution is -2.44. The lowest BCUT2D eigenvalue weighted by Gasteiger charge is -2.39. The number of piperidine rings is 1. The highest BCUT2D eigenvalue weighted by atomic mass is 16.6. The van der Waals surface area contributed by atoms with Gasteiger partial charge in [-0.25, -0.2) is 4.79 Å². The molecule has 2 aliphatic rings. The van der Waals surface area contributed by atoms with E-state index in [9.17, 15) is 14.7 Å². The topological polar surface area (TPSA) is 92.2 Å². The van der Waals surface area contributed by atoms with Gasteiger partial charge in [0, 0.05) is 69.7 Å². The molecule has 0 bridgehead atoms. The van der Waals surface area contributed by atoms with Gasteiger partial charge in [-0.05, 0) is 38.8 Å². The van der Waals surface area contributed by atoms with Gasteiger partial charge in [-0.1, -0.05) is 30.3 Å². The Labute approximate surface area is 213 Å². The molecule has 3 heterocycles. The van der Waals surface area contributed by atoms with Crippen LogP contribution in [-0.2, 0) is 22.5 Å². The second-order valence-corrected chi connectivity index (χ2v) is 10.6. The number of benzene rings is 1. The minimum atomic E-state index is -0.803. The van der Waals surface area contributed by atoms with Gasteiger partial charge in [0.15, 0.2) is 0 Å². The molecular weight excluding hydrogens is 458 g/mol. The summed E-state index contributed by atoms with van der Waals surface area (Å²) >= 11 is 0. The number of amides is 1. The van der Waals surface area contributed by atoms with Crippen molar-refractivity contribution in [2.45, 2.75) is 77.2 Å². The van der Waals surface area contributed by atoms with Crippen molar-refractivity contribution < 1.29 is 24.2 Å². The fourth-order valence-corrected chi connectivity index (χ4v) is 5.00. The minimum absolute atomic E-state index is 0.0280. The van der Waals surface area contributed by atoms with E-state index in [1.807, 2.05) is 45.0 Å². The molecule has 1 aromatic carbocycles. The number of aromatic nitrogens is 1. The van der Waals surface area contributed by atoms with Gasteiger partial charge in [0.25, 0.3) is 0 Å². The number of aliphatic carboxylic acids is 1. The second-order valence-electron chi connectivity index (χ2n) is 10.6. The van der Waals surface area contributed by atoms with E-state index in [4.69, 9.17) is 9.47 Å². The predicted molar refractivity (Wildman–Crippen MR) is 136 cm³/mol. The quantitative estimate of drug-likeness (QED) is 0.588. The molecule has 0 spiro atoms. The van der Waals surface area contributed by atoms with E-state index in [1.54, 1.807) is 11.1 Å². The normalized spacial score (nSPS) is 19.0. The first kappa shape index (κ1) is 25.9. The Kier molecular flexibility index (Phi) is 8.14. The molecule has 1 saturated heterocycles. The van der Waals surface area contributed by atoms with Crippen LogP contribution in [0.15, 0.2) is 42.6 Å². The Hall–Kier alpha value is -3.13. The summed E-state index contributed by atoms with van der Waals surface area (Å²) in [6, 6.07) is 12.1. The van der Waals surface area contributed by atoms with Crippen LogP contribution < -0.4 is 4.74 Å². The third-order valence-electron chi connectivity index (χ3n) is 6.69. The fourth-order valence-electron chi connectivity index (χ4n) is 5.00. The standard InChI is InChI=1S/C28H37N3O5/c1-28(2,3)36-27(34)30-16-12-21(13-17-30)35-24-11-15-29-22-14-18-31(19-20-7-5-4-6-8-20)23(26(22)24)9-10-25(32)33/h4-8,11,15,21,23H,9-10,12-14,16-19H2,1-3H3,(H,32,33). The average molecular weight is 496 g/mol. The van der Waals surface area contributed by atoms with Gasteiger partial charge >= 0.3 is 12.1 Å². The molecule has 1 unspecified atom stereocenters. The van der Waals surface area contributed by atoms with Crippen molar-refractivity contribution in [1.82, 2.24) is 14.8 Å². The summed E-state index contributed by atoms with van der Waals surface area (Å²) in [7, 11) is 0. The molecule has 1 aromatic heterocycles. The highest BCUT2D eigenvalue weighted by Gasteiger charge is 2.33. The van der Waals surface area contributed by atoms with E-state index in [1.165, 1.54) is 5.56 Å². The van der Waals surface area contributed by atoms with Crippen molar-refractivity contribution in [3.8, 4) is 5.75 Å². The molecule has 8 nitrogen and oxygen atoms in total. The summed E-state index contributed by atoms with van der Waals surface area (Å²) < 4.78 is 12.0. The highest BCUT2D eigenvalue weighted by Crippen LogP contribution is 2.40. The molecule has 8 heteroatoms. The molecule has 2 aromatic rings. The Morgan fingerprint density at radius 2 is 1.81 bits per heavy atom. The Morgan fingerprint density at radius 1 is 1.08 bits per heavy atom. The minimum Gasteiger partial charge on any atom is -0.490 e. The van der Waals surface area contributed by atoms with Crippen LogP contribution in [0.4, 0.5) is 4.79 Å². The van der Waals surface area contributed by atoms with Crippen LogP contribution >= 0.6 is 0 Å². The number of carboxylic acids is 1. The van der Waals surface area contributed by atoms with E-state index >= 15 is 0 Å². The molecule has 4 rings (SSSR count). The predicted octanol–water partition coefficient (Wildman–Crippen LogP) is 4.82. The second kappa shape index (κ2) is 11.3. The van der Waals surface area contributed by atoms with Gasteiger partial charge < -0.3 is 19.5 Å². The first-order valence-corrected chi connectivity index (χ1v) is 12.8. The summed E-state index contributed by atoms with van der Waals surface area (Å²) in [5.74, 6) is -0.0217. The molecule has 1 fully saturated rings. The molecular formula is C28H37N3O5. The molecule has 2 aliphatic heterocycles. The van der Waals surface area contributed by atoms with Crippen molar-refractivity contribution in [3.05, 3.63) is 59.4 Å². The Balaban J connectivity index is 1.49. The van der Waals surface area contributed by atoms with Gasteiger partial charge in [-0.2, -0.15) is 0 Å². The van der Waals surface area contributed by atoms with E-state index in [-0.39, 0.29) is 24.7 Å². The first-order chi connectivity index (χ1) is 17.2. The lowest BCUT2D eigenvalue weighted by atomic mass is 9.91. The van der Waals surface area contributed by atoms with Gasteiger partial charge in [-0.15, -0.1) is 0 Å². The van der Waals surface area contributed by atoms with Crippen LogP contribution in [0.5, 0.6) is 5.75 Å². The first-order valence-electron chi connectivity index (χ1n) is 12.8. The maximum absolute atomic E-state index is 12.4. The number of carbonyl (C=O) groups excluding carboxylic acids is 1. The zero-order valence-corrected chi connectivity index (χ0v) is 21.5. The molecule has 1 N–H and O–H groups in total. The fraction of sp³-hybridized carbons (Fsp3) is 0.536. The molecule has 0 saturated carbocycles. The number of rotatable bonds is 7. The Bertz CT molecular complexity index is 1040. The third-order valence-corrected chi connectivity index (χ3v) is 6.69. The summed E-state index contributed by atoms with van der Waals surface area (Å²) in [5.41, 5.74) is 2.67. The molecule has 1 amide bonds. The third kappa shape index (κ3) is 6.75. The number of fused-ring (bicyclic) bond motifs is 1. The van der Waals surface area contributed by atoms with Crippen molar-refractivity contribution in [3.63, 3.8) is 0 Å². The largest absolute Gasteiger partial charge is 0.490 e. The lowest BCUT2D eigenvalue weighted by molar-refractivity contribution is -0.137. The van der Waals surface area contributed by atoms with E-state index < -0.39 is 11.6 Å². The average Bonchev–Trinajstić information content (AvgIpc) is 2.83. The summed E-state index contributed by atoms with van der Waals surface area (Å²) in [6.07, 6.45) is 4.26. The number of pyridine rings is 1. The SMILES string of the molecule is CC(C)(C)OC(=O)N1CCC(Oc2ccnc3c2C(CCC(=O)O)N(Cc2ccccc2)CC3)CC1. The summed E-state index contributed by atoms with van der Waals surface area (Å²) in [6.45, 7) is 8.33. The molecule has 0 radical (unpaired) electrons. The van der Waals surface area contributed by atoms with Crippen LogP contribution in [0, 0.1) is 0 Å². The Morgan fingerprint density at radius 3 is 2.47 bits per heavy atom. The number of likely N-dealkylation sites (tertiary alicyclic amines) is 1. The smallest absolute Gasteiger partial charge is 0.410 e. The maximum atomic E-state index is 12.4. The van der Waals surface area contributed by atoms with E-state index in [2.05, 4.69) is 22.0 Å². The van der Waals surface area contributed by atoms with Crippen molar-refractivity contribution in [2.24, 2.45) is 0 Å². The number of carboxylic acid groups (broad SMARTS) is 1. The maximum Gasteiger partial charge on any atom is 0.410 e. The van der Waals surface area contributed by atoms with Gasteiger partial charge in [0.05, 0.1) is 5.69 Å². The number of nitrogens with zero attached hydrogens (tertiary/aromatic N) is 3. The van der Waals surface area contributed by atoms with Crippen LogP contribution in [0.3, 0.4) is 0 Å². The van der Waals surface area contributed by atoms with Crippen LogP contribution in [0.1, 0.15) is 69.3 Å². The molecule has 194 valence electrons. The van der Waals surface area contributed by atoms with E-state index in [0.717, 1.165) is 36.5 Å². The molecule has 1 atom stereocenters. The van der Waals surface area contributed by atoms with Crippen molar-refractivity contribution in [1.29, 1.82) is 0 Å². The van der Waals surface area contributed by atoms with E-state index in [0.29, 0.717) is 32.4 Å². The number of hydrogen-bond acceptors (Lipinski definition) is 6.